The predicted octanol–water partition coefficient (Wildman–Crippen LogP) is 1.76. The van der Waals surface area contributed by atoms with Crippen LogP contribution in [-0.2, 0) is 9.53 Å². The molecule has 0 aromatic heterocycles. The molecule has 1 saturated heterocycles. The van der Waals surface area contributed by atoms with Crippen molar-refractivity contribution < 1.29 is 9.53 Å². The Hall–Kier alpha value is -1.39. The van der Waals surface area contributed by atoms with Gasteiger partial charge in [0.15, 0.2) is 0 Å². The van der Waals surface area contributed by atoms with E-state index in [0.717, 1.165) is 5.69 Å². The molecule has 0 saturated carbocycles. The Morgan fingerprint density at radius 1 is 1.42 bits per heavy atom. The lowest BCUT2D eigenvalue weighted by molar-refractivity contribution is -0.133. The van der Waals surface area contributed by atoms with E-state index in [0.29, 0.717) is 25.6 Å². The SMILES string of the molecule is CNCC1OCCN(c2ccccc2C(C)C)C1=O. The number of amides is 1. The lowest BCUT2D eigenvalue weighted by atomic mass is 10.00. The van der Waals surface area contributed by atoms with Crippen LogP contribution in [0, 0.1) is 0 Å². The summed E-state index contributed by atoms with van der Waals surface area (Å²) in [7, 11) is 1.83. The van der Waals surface area contributed by atoms with Crippen molar-refractivity contribution in [2.75, 3.05) is 31.6 Å². The zero-order valence-electron chi connectivity index (χ0n) is 11.8. The third-order valence-corrected chi connectivity index (χ3v) is 3.41. The molecule has 2 rings (SSSR count). The highest BCUT2D eigenvalue weighted by molar-refractivity contribution is 5.98. The normalized spacial score (nSPS) is 20.1. The van der Waals surface area contributed by atoms with E-state index in [2.05, 4.69) is 25.2 Å². The maximum Gasteiger partial charge on any atom is 0.257 e. The second kappa shape index (κ2) is 6.17. The van der Waals surface area contributed by atoms with Gasteiger partial charge in [0.05, 0.1) is 6.61 Å². The molecule has 1 unspecified atom stereocenters. The van der Waals surface area contributed by atoms with E-state index in [1.165, 1.54) is 5.56 Å². The van der Waals surface area contributed by atoms with Gasteiger partial charge in [-0.25, -0.2) is 0 Å². The molecular weight excluding hydrogens is 240 g/mol. The average molecular weight is 262 g/mol. The summed E-state index contributed by atoms with van der Waals surface area (Å²) in [6.07, 6.45) is -0.376. The second-order valence-electron chi connectivity index (χ2n) is 5.12. The molecule has 1 aromatic rings. The van der Waals surface area contributed by atoms with Gasteiger partial charge in [-0.1, -0.05) is 32.0 Å². The molecule has 1 aromatic carbocycles. The van der Waals surface area contributed by atoms with Crippen LogP contribution < -0.4 is 10.2 Å². The van der Waals surface area contributed by atoms with E-state index in [1.54, 1.807) is 0 Å². The fourth-order valence-electron chi connectivity index (χ4n) is 2.43. The third kappa shape index (κ3) is 2.96. The standard InChI is InChI=1S/C15H22N2O2/c1-11(2)12-6-4-5-7-13(12)17-8-9-19-14(10-16-3)15(17)18/h4-7,11,14,16H,8-10H2,1-3H3. The molecule has 1 aliphatic rings. The largest absolute Gasteiger partial charge is 0.365 e. The zero-order chi connectivity index (χ0) is 13.8. The van der Waals surface area contributed by atoms with E-state index < -0.39 is 0 Å². The van der Waals surface area contributed by atoms with Crippen molar-refractivity contribution in [3.05, 3.63) is 29.8 Å². The molecule has 0 aliphatic carbocycles. The molecule has 104 valence electrons. The summed E-state index contributed by atoms with van der Waals surface area (Å²) in [6, 6.07) is 8.12. The van der Waals surface area contributed by atoms with E-state index in [9.17, 15) is 4.79 Å². The summed E-state index contributed by atoms with van der Waals surface area (Å²) in [6.45, 7) is 6.07. The molecule has 0 radical (unpaired) electrons. The molecule has 0 spiro atoms. The van der Waals surface area contributed by atoms with Gasteiger partial charge in [-0.2, -0.15) is 0 Å². The molecule has 0 bridgehead atoms. The first kappa shape index (κ1) is 14.0. The fourth-order valence-corrected chi connectivity index (χ4v) is 2.43. The number of carbonyl (C=O) groups is 1. The molecular formula is C15H22N2O2. The second-order valence-corrected chi connectivity index (χ2v) is 5.12. The minimum Gasteiger partial charge on any atom is -0.365 e. The molecule has 4 heteroatoms. The number of carbonyl (C=O) groups excluding carboxylic acids is 1. The summed E-state index contributed by atoms with van der Waals surface area (Å²) in [4.78, 5) is 14.3. The number of hydrogen-bond acceptors (Lipinski definition) is 3. The molecule has 4 nitrogen and oxygen atoms in total. The maximum absolute atomic E-state index is 12.5. The van der Waals surface area contributed by atoms with Gasteiger partial charge in [-0.05, 0) is 24.6 Å². The molecule has 1 amide bonds. The first-order valence-corrected chi connectivity index (χ1v) is 6.81. The van der Waals surface area contributed by atoms with Gasteiger partial charge in [-0.15, -0.1) is 0 Å². The van der Waals surface area contributed by atoms with Crippen molar-refractivity contribution in [2.24, 2.45) is 0 Å². The van der Waals surface area contributed by atoms with Gasteiger partial charge >= 0.3 is 0 Å². The Kier molecular flexibility index (Phi) is 4.56. The zero-order valence-corrected chi connectivity index (χ0v) is 11.8. The molecule has 1 heterocycles. The summed E-state index contributed by atoms with van der Waals surface area (Å²) in [5.74, 6) is 0.447. The number of benzene rings is 1. The van der Waals surface area contributed by atoms with Crippen LogP contribution in [0.4, 0.5) is 5.69 Å². The molecule has 1 fully saturated rings. The Balaban J connectivity index is 2.28. The smallest absolute Gasteiger partial charge is 0.257 e. The first-order chi connectivity index (χ1) is 9.15. The highest BCUT2D eigenvalue weighted by atomic mass is 16.5. The molecule has 19 heavy (non-hydrogen) atoms. The summed E-state index contributed by atoms with van der Waals surface area (Å²) in [5.41, 5.74) is 2.23. The maximum atomic E-state index is 12.5. The number of likely N-dealkylation sites (N-methyl/N-ethyl adjacent to an activating group) is 1. The van der Waals surface area contributed by atoms with E-state index in [4.69, 9.17) is 4.74 Å². The summed E-state index contributed by atoms with van der Waals surface area (Å²) >= 11 is 0. The number of nitrogens with one attached hydrogen (secondary N) is 1. The van der Waals surface area contributed by atoms with Crippen LogP contribution in [0.1, 0.15) is 25.3 Å². The van der Waals surface area contributed by atoms with Crippen molar-refractivity contribution >= 4 is 11.6 Å². The van der Waals surface area contributed by atoms with Crippen LogP contribution in [0.2, 0.25) is 0 Å². The number of ether oxygens (including phenoxy) is 1. The van der Waals surface area contributed by atoms with Crippen molar-refractivity contribution in [3.8, 4) is 0 Å². The minimum absolute atomic E-state index is 0.0497. The van der Waals surface area contributed by atoms with Crippen molar-refractivity contribution in [3.63, 3.8) is 0 Å². The van der Waals surface area contributed by atoms with E-state index in [1.807, 2.05) is 30.1 Å². The first-order valence-electron chi connectivity index (χ1n) is 6.81. The van der Waals surface area contributed by atoms with Gasteiger partial charge in [0.1, 0.15) is 6.10 Å². The van der Waals surface area contributed by atoms with Crippen molar-refractivity contribution in [2.45, 2.75) is 25.9 Å². The average Bonchev–Trinajstić information content (AvgIpc) is 2.41. The van der Waals surface area contributed by atoms with E-state index >= 15 is 0 Å². The van der Waals surface area contributed by atoms with Crippen LogP contribution in [-0.4, -0.2) is 38.8 Å². The van der Waals surface area contributed by atoms with Crippen LogP contribution in [0.3, 0.4) is 0 Å². The van der Waals surface area contributed by atoms with Gasteiger partial charge in [-0.3, -0.25) is 4.79 Å². The van der Waals surface area contributed by atoms with E-state index in [-0.39, 0.29) is 12.0 Å². The Labute approximate surface area is 114 Å². The van der Waals surface area contributed by atoms with Crippen LogP contribution in [0.25, 0.3) is 0 Å². The van der Waals surface area contributed by atoms with Crippen LogP contribution in [0.15, 0.2) is 24.3 Å². The summed E-state index contributed by atoms with van der Waals surface area (Å²) < 4.78 is 5.53. The number of nitrogens with zero attached hydrogens (tertiary/aromatic N) is 1. The predicted molar refractivity (Wildman–Crippen MR) is 76.6 cm³/mol. The lowest BCUT2D eigenvalue weighted by Gasteiger charge is -2.34. The highest BCUT2D eigenvalue weighted by Gasteiger charge is 2.31. The number of hydrogen-bond donors (Lipinski definition) is 1. The lowest BCUT2D eigenvalue weighted by Crippen LogP contribution is -2.51. The molecule has 1 N–H and O–H groups in total. The van der Waals surface area contributed by atoms with Crippen molar-refractivity contribution in [1.82, 2.24) is 5.32 Å². The number of anilines is 1. The van der Waals surface area contributed by atoms with Gasteiger partial charge in [0, 0.05) is 18.8 Å². The Bertz CT molecular complexity index is 444. The monoisotopic (exact) mass is 262 g/mol. The number of morpholine rings is 1. The molecule has 1 atom stereocenters. The third-order valence-electron chi connectivity index (χ3n) is 3.41. The van der Waals surface area contributed by atoms with Gasteiger partial charge < -0.3 is 15.0 Å². The van der Waals surface area contributed by atoms with Gasteiger partial charge in [0.2, 0.25) is 0 Å². The minimum atomic E-state index is -0.376. The quantitative estimate of drug-likeness (QED) is 0.899. The van der Waals surface area contributed by atoms with Gasteiger partial charge in [0.25, 0.3) is 5.91 Å². The fraction of sp³-hybridized carbons (Fsp3) is 0.533. The highest BCUT2D eigenvalue weighted by Crippen LogP contribution is 2.28. The van der Waals surface area contributed by atoms with Crippen LogP contribution >= 0.6 is 0 Å². The topological polar surface area (TPSA) is 41.6 Å². The van der Waals surface area contributed by atoms with Crippen LogP contribution in [0.5, 0.6) is 0 Å². The number of para-hydroxylation sites is 1. The van der Waals surface area contributed by atoms with Crippen molar-refractivity contribution in [1.29, 1.82) is 0 Å². The number of rotatable bonds is 4. The summed E-state index contributed by atoms with van der Waals surface area (Å²) in [5, 5.41) is 3.00. The Morgan fingerprint density at radius 3 is 2.84 bits per heavy atom. The molecule has 1 aliphatic heterocycles. The Morgan fingerprint density at radius 2 is 2.16 bits per heavy atom.